The molecular weight excluding hydrogens is 301 g/mol. The summed E-state index contributed by atoms with van der Waals surface area (Å²) < 4.78 is 13.8. The van der Waals surface area contributed by atoms with Crippen molar-refractivity contribution in [1.82, 2.24) is 15.2 Å². The van der Waals surface area contributed by atoms with Crippen LogP contribution < -0.4 is 5.32 Å². The number of hydrogen-bond acceptors (Lipinski definition) is 4. The number of likely N-dealkylation sites (N-methyl/N-ethyl adjacent to an activating group) is 1. The van der Waals surface area contributed by atoms with E-state index in [-0.39, 0.29) is 11.7 Å². The summed E-state index contributed by atoms with van der Waals surface area (Å²) in [5.74, 6) is -0.386. The first kappa shape index (κ1) is 15.1. The normalized spacial score (nSPS) is 18.5. The summed E-state index contributed by atoms with van der Waals surface area (Å²) in [5, 5.41) is 5.48. The van der Waals surface area contributed by atoms with Crippen LogP contribution in [-0.4, -0.2) is 42.0 Å². The Balaban J connectivity index is 1.79. The molecule has 6 heteroatoms. The molecule has 0 saturated carbocycles. The number of hydrogen-bond donors (Lipinski definition) is 1. The molecule has 1 unspecified atom stereocenters. The van der Waals surface area contributed by atoms with Gasteiger partial charge in [-0.2, -0.15) is 0 Å². The Hall–Kier alpha value is -1.79. The van der Waals surface area contributed by atoms with Crippen molar-refractivity contribution in [2.45, 2.75) is 18.9 Å². The van der Waals surface area contributed by atoms with E-state index in [4.69, 9.17) is 0 Å². The molecule has 116 valence electrons. The van der Waals surface area contributed by atoms with E-state index in [1.807, 2.05) is 11.9 Å². The number of nitrogens with zero attached hydrogens (tertiary/aromatic N) is 2. The maximum absolute atomic E-state index is 13.8. The van der Waals surface area contributed by atoms with Gasteiger partial charge in [0.25, 0.3) is 5.91 Å². The Morgan fingerprint density at radius 3 is 3.05 bits per heavy atom. The van der Waals surface area contributed by atoms with Crippen LogP contribution in [0.25, 0.3) is 10.6 Å². The summed E-state index contributed by atoms with van der Waals surface area (Å²) in [5.41, 5.74) is 0.846. The number of amides is 1. The van der Waals surface area contributed by atoms with Gasteiger partial charge in [0.15, 0.2) is 0 Å². The van der Waals surface area contributed by atoms with E-state index < -0.39 is 0 Å². The Morgan fingerprint density at radius 2 is 2.27 bits per heavy atom. The van der Waals surface area contributed by atoms with Gasteiger partial charge in [-0.1, -0.05) is 12.1 Å². The molecule has 0 aliphatic carbocycles. The van der Waals surface area contributed by atoms with Crippen molar-refractivity contribution in [2.24, 2.45) is 0 Å². The summed E-state index contributed by atoms with van der Waals surface area (Å²) in [7, 11) is 1.91. The molecule has 1 N–H and O–H groups in total. The number of carbonyl (C=O) groups excluding carboxylic acids is 1. The van der Waals surface area contributed by atoms with Crippen molar-refractivity contribution < 1.29 is 9.18 Å². The number of likely N-dealkylation sites (tertiary alicyclic amines) is 1. The summed E-state index contributed by atoms with van der Waals surface area (Å²) in [6.07, 6.45) is 2.07. The lowest BCUT2D eigenvalue weighted by Gasteiger charge is -2.32. The molecule has 1 atom stereocenters. The predicted molar refractivity (Wildman–Crippen MR) is 85.5 cm³/mol. The van der Waals surface area contributed by atoms with Crippen molar-refractivity contribution in [3.63, 3.8) is 0 Å². The SMILES string of the molecule is CNC1CCCN(C(=O)c2csc(-c3ccccc3F)n2)C1. The Morgan fingerprint density at radius 1 is 1.45 bits per heavy atom. The third-order valence-electron chi connectivity index (χ3n) is 3.94. The molecule has 0 radical (unpaired) electrons. The van der Waals surface area contributed by atoms with Gasteiger partial charge >= 0.3 is 0 Å². The van der Waals surface area contributed by atoms with E-state index in [2.05, 4.69) is 10.3 Å². The highest BCUT2D eigenvalue weighted by molar-refractivity contribution is 7.13. The van der Waals surface area contributed by atoms with Gasteiger partial charge in [-0.3, -0.25) is 4.79 Å². The van der Waals surface area contributed by atoms with Crippen LogP contribution in [0.1, 0.15) is 23.3 Å². The Bertz CT molecular complexity index is 673. The maximum atomic E-state index is 13.8. The summed E-state index contributed by atoms with van der Waals surface area (Å²) >= 11 is 1.30. The Labute approximate surface area is 133 Å². The van der Waals surface area contributed by atoms with Crippen LogP contribution in [0.15, 0.2) is 29.6 Å². The quantitative estimate of drug-likeness (QED) is 0.946. The number of rotatable bonds is 3. The lowest BCUT2D eigenvalue weighted by molar-refractivity contribution is 0.0693. The summed E-state index contributed by atoms with van der Waals surface area (Å²) in [6.45, 7) is 1.45. The first-order valence-electron chi connectivity index (χ1n) is 7.36. The van der Waals surface area contributed by atoms with Crippen LogP contribution in [-0.2, 0) is 0 Å². The topological polar surface area (TPSA) is 45.2 Å². The average Bonchev–Trinajstić information content (AvgIpc) is 3.04. The highest BCUT2D eigenvalue weighted by Crippen LogP contribution is 2.27. The van der Waals surface area contributed by atoms with Gasteiger partial charge in [-0.05, 0) is 32.0 Å². The van der Waals surface area contributed by atoms with Crippen LogP contribution >= 0.6 is 11.3 Å². The molecule has 3 rings (SSSR count). The number of aromatic nitrogens is 1. The van der Waals surface area contributed by atoms with E-state index in [0.717, 1.165) is 19.4 Å². The largest absolute Gasteiger partial charge is 0.336 e. The lowest BCUT2D eigenvalue weighted by Crippen LogP contribution is -2.47. The zero-order valence-electron chi connectivity index (χ0n) is 12.4. The summed E-state index contributed by atoms with van der Waals surface area (Å²) in [6, 6.07) is 6.83. The highest BCUT2D eigenvalue weighted by atomic mass is 32.1. The van der Waals surface area contributed by atoms with Crippen molar-refractivity contribution in [3.8, 4) is 10.6 Å². The monoisotopic (exact) mass is 319 g/mol. The standard InChI is InChI=1S/C16H18FN3OS/c1-18-11-5-4-8-20(9-11)16(21)14-10-22-15(19-14)12-6-2-3-7-13(12)17/h2-3,6-7,10-11,18H,4-5,8-9H2,1H3. The van der Waals surface area contributed by atoms with Crippen molar-refractivity contribution >= 4 is 17.2 Å². The maximum Gasteiger partial charge on any atom is 0.273 e. The van der Waals surface area contributed by atoms with E-state index in [0.29, 0.717) is 28.9 Å². The minimum Gasteiger partial charge on any atom is -0.336 e. The van der Waals surface area contributed by atoms with Gasteiger partial charge in [0.05, 0.1) is 0 Å². The molecular formula is C16H18FN3OS. The number of piperidine rings is 1. The van der Waals surface area contributed by atoms with Crippen molar-refractivity contribution in [2.75, 3.05) is 20.1 Å². The molecule has 2 heterocycles. The molecule has 1 aromatic heterocycles. The van der Waals surface area contributed by atoms with Crippen LogP contribution in [0.4, 0.5) is 4.39 Å². The number of halogens is 1. The van der Waals surface area contributed by atoms with Crippen LogP contribution in [0.3, 0.4) is 0 Å². The minimum absolute atomic E-state index is 0.0706. The second-order valence-electron chi connectivity index (χ2n) is 5.40. The number of nitrogens with one attached hydrogen (secondary N) is 1. The average molecular weight is 319 g/mol. The highest BCUT2D eigenvalue weighted by Gasteiger charge is 2.25. The second-order valence-corrected chi connectivity index (χ2v) is 6.25. The van der Waals surface area contributed by atoms with Crippen LogP contribution in [0.5, 0.6) is 0 Å². The molecule has 0 bridgehead atoms. The molecule has 4 nitrogen and oxygen atoms in total. The predicted octanol–water partition coefficient (Wildman–Crippen LogP) is 2.77. The fourth-order valence-electron chi connectivity index (χ4n) is 2.69. The van der Waals surface area contributed by atoms with Crippen molar-refractivity contribution in [3.05, 3.63) is 41.2 Å². The zero-order chi connectivity index (χ0) is 15.5. The van der Waals surface area contributed by atoms with Crippen molar-refractivity contribution in [1.29, 1.82) is 0 Å². The van der Waals surface area contributed by atoms with Gasteiger partial charge in [-0.25, -0.2) is 9.37 Å². The van der Waals surface area contributed by atoms with Crippen LogP contribution in [0.2, 0.25) is 0 Å². The van der Waals surface area contributed by atoms with E-state index in [1.54, 1.807) is 23.6 Å². The Kier molecular flexibility index (Phi) is 4.49. The zero-order valence-corrected chi connectivity index (χ0v) is 13.2. The molecule has 1 aromatic carbocycles. The van der Waals surface area contributed by atoms with Gasteiger partial charge in [-0.15, -0.1) is 11.3 Å². The molecule has 1 aliphatic heterocycles. The summed E-state index contributed by atoms with van der Waals surface area (Å²) in [4.78, 5) is 18.7. The lowest BCUT2D eigenvalue weighted by atomic mass is 10.1. The molecule has 1 amide bonds. The van der Waals surface area contributed by atoms with Gasteiger partial charge in [0.2, 0.25) is 0 Å². The second kappa shape index (κ2) is 6.54. The number of carbonyl (C=O) groups is 1. The van der Waals surface area contributed by atoms with Gasteiger partial charge in [0, 0.05) is 30.1 Å². The third-order valence-corrected chi connectivity index (χ3v) is 4.82. The molecule has 1 aliphatic rings. The van der Waals surface area contributed by atoms with E-state index in [9.17, 15) is 9.18 Å². The number of thiazole rings is 1. The third kappa shape index (κ3) is 3.03. The fraction of sp³-hybridized carbons (Fsp3) is 0.375. The molecule has 22 heavy (non-hydrogen) atoms. The fourth-order valence-corrected chi connectivity index (χ4v) is 3.51. The van der Waals surface area contributed by atoms with E-state index >= 15 is 0 Å². The molecule has 2 aromatic rings. The molecule has 1 fully saturated rings. The first-order chi connectivity index (χ1) is 10.7. The minimum atomic E-state index is -0.316. The molecule has 0 spiro atoms. The van der Waals surface area contributed by atoms with E-state index in [1.165, 1.54) is 17.4 Å². The first-order valence-corrected chi connectivity index (χ1v) is 8.24. The van der Waals surface area contributed by atoms with Crippen LogP contribution in [0, 0.1) is 5.82 Å². The number of benzene rings is 1. The van der Waals surface area contributed by atoms with Gasteiger partial charge in [0.1, 0.15) is 16.5 Å². The smallest absolute Gasteiger partial charge is 0.273 e. The molecule has 1 saturated heterocycles. The van der Waals surface area contributed by atoms with Gasteiger partial charge < -0.3 is 10.2 Å².